The van der Waals surface area contributed by atoms with Crippen molar-refractivity contribution in [3.05, 3.63) is 75.8 Å². The highest BCUT2D eigenvalue weighted by molar-refractivity contribution is 5.87. The number of nitrogens with zero attached hydrogens (tertiary/aromatic N) is 2. The van der Waals surface area contributed by atoms with E-state index >= 15 is 0 Å². The summed E-state index contributed by atoms with van der Waals surface area (Å²) < 4.78 is 1.19. The number of rotatable bonds is 3. The Morgan fingerprint density at radius 2 is 1.96 bits per heavy atom. The van der Waals surface area contributed by atoms with Crippen LogP contribution in [-0.2, 0) is 0 Å². The number of carboxylic acid groups (broad SMARTS) is 1. The molecule has 0 unspecified atom stereocenters. The molecule has 0 radical (unpaired) electrons. The topological polar surface area (TPSA) is 91.9 Å². The number of phenolic OH excluding ortho intramolecular Hbond substituents is 1. The van der Waals surface area contributed by atoms with Gasteiger partial charge in [0.05, 0.1) is 11.3 Å². The molecule has 0 aliphatic carbocycles. The highest BCUT2D eigenvalue weighted by atomic mass is 16.4. The van der Waals surface area contributed by atoms with Gasteiger partial charge >= 0.3 is 5.97 Å². The maximum atomic E-state index is 12.1. The van der Waals surface area contributed by atoms with Crippen LogP contribution in [-0.4, -0.2) is 25.6 Å². The normalized spacial score (nSPS) is 11.1. The van der Waals surface area contributed by atoms with E-state index in [9.17, 15) is 14.7 Å². The van der Waals surface area contributed by atoms with Crippen LogP contribution in [0.25, 0.3) is 17.8 Å². The summed E-state index contributed by atoms with van der Waals surface area (Å²) in [6.07, 6.45) is 4.63. The lowest BCUT2D eigenvalue weighted by molar-refractivity contribution is 0.0696. The van der Waals surface area contributed by atoms with Gasteiger partial charge in [0, 0.05) is 12.3 Å². The largest absolute Gasteiger partial charge is 0.508 e. The van der Waals surface area contributed by atoms with Gasteiger partial charge < -0.3 is 10.2 Å². The van der Waals surface area contributed by atoms with E-state index < -0.39 is 5.97 Å². The number of hydrogen-bond donors (Lipinski definition) is 2. The van der Waals surface area contributed by atoms with Crippen LogP contribution >= 0.6 is 0 Å². The maximum absolute atomic E-state index is 12.1. The van der Waals surface area contributed by atoms with Crippen LogP contribution in [0.5, 0.6) is 5.75 Å². The summed E-state index contributed by atoms with van der Waals surface area (Å²) in [6.45, 7) is 0. The molecule has 2 heterocycles. The molecule has 0 fully saturated rings. The van der Waals surface area contributed by atoms with Gasteiger partial charge in [-0.05, 0) is 35.9 Å². The summed E-state index contributed by atoms with van der Waals surface area (Å²) in [5.74, 6) is -0.952. The van der Waals surface area contributed by atoms with Gasteiger partial charge in [-0.3, -0.25) is 9.20 Å². The number of pyridine rings is 1. The van der Waals surface area contributed by atoms with Gasteiger partial charge in [0.2, 0.25) is 0 Å². The first-order valence-corrected chi connectivity index (χ1v) is 6.77. The summed E-state index contributed by atoms with van der Waals surface area (Å²) in [4.78, 5) is 27.3. The Balaban J connectivity index is 2.01. The fraction of sp³-hybridized carbons (Fsp3) is 0. The van der Waals surface area contributed by atoms with Gasteiger partial charge in [-0.25, -0.2) is 9.78 Å². The average Bonchev–Trinajstić information content (AvgIpc) is 2.52. The summed E-state index contributed by atoms with van der Waals surface area (Å²) in [5, 5.41) is 18.4. The zero-order chi connectivity index (χ0) is 16.4. The molecule has 0 amide bonds. The Labute approximate surface area is 130 Å². The molecule has 23 heavy (non-hydrogen) atoms. The number of benzene rings is 1. The van der Waals surface area contributed by atoms with E-state index in [1.54, 1.807) is 30.4 Å². The Bertz CT molecular complexity index is 989. The zero-order valence-electron chi connectivity index (χ0n) is 11.9. The smallest absolute Gasteiger partial charge is 0.337 e. The molecule has 0 atom stereocenters. The predicted octanol–water partition coefficient (Wildman–Crippen LogP) is 2.27. The summed E-state index contributed by atoms with van der Waals surface area (Å²) >= 11 is 0. The molecule has 0 saturated heterocycles. The van der Waals surface area contributed by atoms with Crippen molar-refractivity contribution in [2.45, 2.75) is 0 Å². The Morgan fingerprint density at radius 3 is 2.70 bits per heavy atom. The SMILES string of the molecule is O=C(O)c1ccc2nc(/C=C/c3cccc(O)c3)cc(=O)n2c1. The molecule has 6 heteroatoms. The zero-order valence-corrected chi connectivity index (χ0v) is 11.9. The molecule has 0 aliphatic heterocycles. The molecule has 3 rings (SSSR count). The first kappa shape index (κ1) is 14.5. The molecule has 2 aromatic heterocycles. The van der Waals surface area contributed by atoms with Crippen molar-refractivity contribution in [1.29, 1.82) is 0 Å². The van der Waals surface area contributed by atoms with Crippen molar-refractivity contribution in [3.8, 4) is 5.75 Å². The van der Waals surface area contributed by atoms with E-state index in [1.165, 1.54) is 28.8 Å². The first-order valence-electron chi connectivity index (χ1n) is 6.77. The third-order valence-electron chi connectivity index (χ3n) is 3.24. The van der Waals surface area contributed by atoms with Crippen LogP contribution in [0, 0.1) is 0 Å². The average molecular weight is 308 g/mol. The molecule has 6 nitrogen and oxygen atoms in total. The number of fused-ring (bicyclic) bond motifs is 1. The summed E-state index contributed by atoms with van der Waals surface area (Å²) in [7, 11) is 0. The van der Waals surface area contributed by atoms with Gasteiger partial charge in [0.15, 0.2) is 0 Å². The van der Waals surface area contributed by atoms with Gasteiger partial charge in [-0.1, -0.05) is 18.2 Å². The second-order valence-corrected chi connectivity index (χ2v) is 4.90. The minimum atomic E-state index is -1.10. The lowest BCUT2D eigenvalue weighted by Gasteiger charge is -2.02. The molecule has 2 N–H and O–H groups in total. The lowest BCUT2D eigenvalue weighted by atomic mass is 10.2. The molecule has 114 valence electrons. The monoisotopic (exact) mass is 308 g/mol. The number of phenols is 1. The standard InChI is InChI=1S/C17H12N2O4/c20-14-3-1-2-11(8-14)4-6-13-9-16(21)19-10-12(17(22)23)5-7-15(19)18-13/h1-10,20H,(H,22,23)/b6-4+. The second kappa shape index (κ2) is 5.76. The Hall–Kier alpha value is -3.41. The Kier molecular flexibility index (Phi) is 3.64. The summed E-state index contributed by atoms with van der Waals surface area (Å²) in [5.41, 5.74) is 1.23. The molecular weight excluding hydrogens is 296 g/mol. The molecule has 1 aromatic carbocycles. The van der Waals surface area contributed by atoms with Crippen LogP contribution < -0.4 is 5.56 Å². The number of carboxylic acids is 1. The molecule has 3 aromatic rings. The summed E-state index contributed by atoms with van der Waals surface area (Å²) in [6, 6.07) is 10.9. The van der Waals surface area contributed by atoms with Crippen molar-refractivity contribution in [2.24, 2.45) is 0 Å². The fourth-order valence-corrected chi connectivity index (χ4v) is 2.14. The third kappa shape index (κ3) is 3.11. The number of aromatic nitrogens is 2. The first-order chi connectivity index (χ1) is 11.0. The van der Waals surface area contributed by atoms with E-state index in [0.717, 1.165) is 5.56 Å². The third-order valence-corrected chi connectivity index (χ3v) is 3.24. The molecule has 0 saturated carbocycles. The van der Waals surface area contributed by atoms with Crippen LogP contribution in [0.1, 0.15) is 21.6 Å². The van der Waals surface area contributed by atoms with Crippen LogP contribution in [0.2, 0.25) is 0 Å². The van der Waals surface area contributed by atoms with Crippen LogP contribution in [0.15, 0.2) is 53.5 Å². The Morgan fingerprint density at radius 1 is 1.13 bits per heavy atom. The number of carbonyl (C=O) groups is 1. The molecule has 0 spiro atoms. The van der Waals surface area contributed by atoms with Gasteiger partial charge in [0.1, 0.15) is 11.4 Å². The fourth-order valence-electron chi connectivity index (χ4n) is 2.14. The van der Waals surface area contributed by atoms with E-state index in [4.69, 9.17) is 5.11 Å². The lowest BCUT2D eigenvalue weighted by Crippen LogP contribution is -2.15. The quantitative estimate of drug-likeness (QED) is 0.774. The second-order valence-electron chi connectivity index (χ2n) is 4.90. The number of aromatic hydroxyl groups is 1. The van der Waals surface area contributed by atoms with Gasteiger partial charge in [-0.2, -0.15) is 0 Å². The highest BCUT2D eigenvalue weighted by Gasteiger charge is 2.06. The van der Waals surface area contributed by atoms with Gasteiger partial charge in [-0.15, -0.1) is 0 Å². The van der Waals surface area contributed by atoms with Crippen molar-refractivity contribution < 1.29 is 15.0 Å². The van der Waals surface area contributed by atoms with Crippen LogP contribution in [0.3, 0.4) is 0 Å². The molecule has 0 bridgehead atoms. The van der Waals surface area contributed by atoms with Crippen LogP contribution in [0.4, 0.5) is 0 Å². The van der Waals surface area contributed by atoms with E-state index in [1.807, 2.05) is 6.07 Å². The van der Waals surface area contributed by atoms with E-state index in [2.05, 4.69) is 4.98 Å². The van der Waals surface area contributed by atoms with Gasteiger partial charge in [0.25, 0.3) is 5.56 Å². The minimum absolute atomic E-state index is 0.0180. The number of aromatic carboxylic acids is 1. The number of hydrogen-bond acceptors (Lipinski definition) is 4. The van der Waals surface area contributed by atoms with E-state index in [0.29, 0.717) is 11.3 Å². The van der Waals surface area contributed by atoms with Crippen molar-refractivity contribution in [3.63, 3.8) is 0 Å². The predicted molar refractivity (Wildman–Crippen MR) is 85.5 cm³/mol. The van der Waals surface area contributed by atoms with Crippen molar-refractivity contribution >= 4 is 23.8 Å². The van der Waals surface area contributed by atoms with Crippen molar-refractivity contribution in [2.75, 3.05) is 0 Å². The van der Waals surface area contributed by atoms with Crippen molar-refractivity contribution in [1.82, 2.24) is 9.38 Å². The highest BCUT2D eigenvalue weighted by Crippen LogP contribution is 2.13. The van der Waals surface area contributed by atoms with E-state index in [-0.39, 0.29) is 16.9 Å². The molecular formula is C17H12N2O4. The maximum Gasteiger partial charge on any atom is 0.337 e. The minimum Gasteiger partial charge on any atom is -0.508 e. The molecule has 0 aliphatic rings.